The van der Waals surface area contributed by atoms with Crippen molar-refractivity contribution < 1.29 is 34.0 Å². The molecule has 1 fully saturated rings. The second kappa shape index (κ2) is 8.08. The molecule has 0 aliphatic carbocycles. The molecule has 2 atom stereocenters. The number of halogens is 1. The van der Waals surface area contributed by atoms with Crippen molar-refractivity contribution in [3.63, 3.8) is 0 Å². The first kappa shape index (κ1) is 20.6. The average molecular weight is 403 g/mol. The van der Waals surface area contributed by atoms with E-state index in [4.69, 9.17) is 4.74 Å². The first-order valence-corrected chi connectivity index (χ1v) is 9.09. The van der Waals surface area contributed by atoms with Crippen LogP contribution in [0.5, 0.6) is 11.5 Å². The maximum absolute atomic E-state index is 13.6. The first-order chi connectivity index (χ1) is 13.8. The summed E-state index contributed by atoms with van der Waals surface area (Å²) in [6, 6.07) is 9.65. The van der Waals surface area contributed by atoms with Gasteiger partial charge in [0.25, 0.3) is 5.91 Å². The number of hydrogen-bond acceptors (Lipinski definition) is 5. The predicted molar refractivity (Wildman–Crippen MR) is 101 cm³/mol. The van der Waals surface area contributed by atoms with E-state index < -0.39 is 29.2 Å². The van der Waals surface area contributed by atoms with Gasteiger partial charge in [-0.2, -0.15) is 0 Å². The number of hydrogen-bond donors (Lipinski definition) is 3. The second-order valence-corrected chi connectivity index (χ2v) is 7.19. The highest BCUT2D eigenvalue weighted by atomic mass is 19.1. The van der Waals surface area contributed by atoms with Gasteiger partial charge in [-0.3, -0.25) is 9.59 Å². The Bertz CT molecular complexity index is 933. The molecule has 0 spiro atoms. The molecule has 1 saturated heterocycles. The Hall–Kier alpha value is -3.13. The molecule has 1 heterocycles. The zero-order chi connectivity index (χ0) is 21.2. The minimum absolute atomic E-state index is 0.0720. The Morgan fingerprint density at radius 3 is 2.69 bits per heavy atom. The van der Waals surface area contributed by atoms with Crippen LogP contribution in [0, 0.1) is 11.2 Å². The highest BCUT2D eigenvalue weighted by Gasteiger charge is 2.50. The largest absolute Gasteiger partial charge is 0.504 e. The number of aliphatic hydroxyl groups is 1. The number of aromatic hydroxyl groups is 1. The molecule has 154 valence electrons. The van der Waals surface area contributed by atoms with E-state index in [2.05, 4.69) is 0 Å². The maximum atomic E-state index is 13.6. The number of aliphatic carboxylic acids is 1. The first-order valence-electron chi connectivity index (χ1n) is 9.09. The van der Waals surface area contributed by atoms with E-state index in [-0.39, 0.29) is 43.0 Å². The van der Waals surface area contributed by atoms with Crippen molar-refractivity contribution in [1.29, 1.82) is 0 Å². The summed E-state index contributed by atoms with van der Waals surface area (Å²) in [7, 11) is 1.36. The minimum atomic E-state index is -1.66. The van der Waals surface area contributed by atoms with Gasteiger partial charge in [0.2, 0.25) is 0 Å². The van der Waals surface area contributed by atoms with Gasteiger partial charge in [-0.25, -0.2) is 4.39 Å². The normalized spacial score (nSPS) is 21.6. The van der Waals surface area contributed by atoms with E-state index in [0.29, 0.717) is 5.56 Å². The zero-order valence-corrected chi connectivity index (χ0v) is 15.8. The Kier molecular flexibility index (Phi) is 5.74. The number of methoxy groups -OCH3 is 1. The zero-order valence-electron chi connectivity index (χ0n) is 15.8. The Labute approximate surface area is 167 Å². The van der Waals surface area contributed by atoms with E-state index in [1.54, 1.807) is 6.07 Å². The SMILES string of the molecule is COc1cc(C(=O)N2CC[C@H](O)[C@](Cc3cccc(F)c3)(C(=O)O)C2)ccc1O. The summed E-state index contributed by atoms with van der Waals surface area (Å²) in [6.07, 6.45) is -1.24. The molecule has 0 aromatic heterocycles. The number of carbonyl (C=O) groups excluding carboxylic acids is 1. The van der Waals surface area contributed by atoms with Gasteiger partial charge in [0, 0.05) is 18.7 Å². The van der Waals surface area contributed by atoms with Crippen molar-refractivity contribution in [2.75, 3.05) is 20.2 Å². The molecular weight excluding hydrogens is 381 g/mol. The Morgan fingerprint density at radius 1 is 1.28 bits per heavy atom. The third-order valence-corrected chi connectivity index (χ3v) is 5.33. The molecule has 0 radical (unpaired) electrons. The number of phenolic OH excluding ortho intramolecular Hbond substituents is 1. The van der Waals surface area contributed by atoms with Gasteiger partial charge in [-0.15, -0.1) is 0 Å². The number of aliphatic hydroxyl groups excluding tert-OH is 1. The van der Waals surface area contributed by atoms with Crippen LogP contribution in [-0.2, 0) is 11.2 Å². The molecule has 1 aliphatic rings. The van der Waals surface area contributed by atoms with Crippen molar-refractivity contribution in [1.82, 2.24) is 4.90 Å². The summed E-state index contributed by atoms with van der Waals surface area (Å²) in [4.78, 5) is 26.5. The highest BCUT2D eigenvalue weighted by Crippen LogP contribution is 2.36. The smallest absolute Gasteiger partial charge is 0.314 e. The molecule has 3 rings (SSSR count). The van der Waals surface area contributed by atoms with Gasteiger partial charge in [0.15, 0.2) is 11.5 Å². The lowest BCUT2D eigenvalue weighted by Crippen LogP contribution is -2.58. The van der Waals surface area contributed by atoms with Crippen LogP contribution in [-0.4, -0.2) is 58.4 Å². The van der Waals surface area contributed by atoms with Crippen LogP contribution in [0.15, 0.2) is 42.5 Å². The molecule has 0 unspecified atom stereocenters. The van der Waals surface area contributed by atoms with E-state index in [1.165, 1.54) is 48.4 Å². The molecular formula is C21H22FNO6. The molecule has 7 nitrogen and oxygen atoms in total. The van der Waals surface area contributed by atoms with E-state index >= 15 is 0 Å². The quantitative estimate of drug-likeness (QED) is 0.706. The fourth-order valence-electron chi connectivity index (χ4n) is 3.72. The number of phenols is 1. The number of amides is 1. The number of rotatable bonds is 5. The third kappa shape index (κ3) is 4.02. The molecule has 29 heavy (non-hydrogen) atoms. The van der Waals surface area contributed by atoms with Crippen molar-refractivity contribution in [3.8, 4) is 11.5 Å². The van der Waals surface area contributed by atoms with Crippen LogP contribution in [0.25, 0.3) is 0 Å². The van der Waals surface area contributed by atoms with Crippen LogP contribution in [0.4, 0.5) is 4.39 Å². The van der Waals surface area contributed by atoms with Crippen LogP contribution < -0.4 is 4.74 Å². The standard InChI is InChI=1S/C21H22FNO6/c1-29-17-10-14(5-6-16(17)24)19(26)23-8-7-18(25)21(12-23,20(27)28)11-13-3-2-4-15(22)9-13/h2-6,9-10,18,24-25H,7-8,11-12H2,1H3,(H,27,28)/t18-,21+/m0/s1. The summed E-state index contributed by atoms with van der Waals surface area (Å²) in [6.45, 7) is -0.0661. The number of ether oxygens (including phenoxy) is 1. The lowest BCUT2D eigenvalue weighted by atomic mass is 9.72. The lowest BCUT2D eigenvalue weighted by Gasteiger charge is -2.43. The summed E-state index contributed by atoms with van der Waals surface area (Å²) in [5, 5.41) is 30.2. The minimum Gasteiger partial charge on any atom is -0.504 e. The van der Waals surface area contributed by atoms with Gasteiger partial charge in [-0.05, 0) is 48.7 Å². The lowest BCUT2D eigenvalue weighted by molar-refractivity contribution is -0.161. The van der Waals surface area contributed by atoms with Crippen LogP contribution >= 0.6 is 0 Å². The Morgan fingerprint density at radius 2 is 2.03 bits per heavy atom. The monoisotopic (exact) mass is 403 g/mol. The van der Waals surface area contributed by atoms with Crippen LogP contribution in [0.1, 0.15) is 22.3 Å². The molecule has 2 aromatic carbocycles. The van der Waals surface area contributed by atoms with Crippen LogP contribution in [0.3, 0.4) is 0 Å². The van der Waals surface area contributed by atoms with Crippen LogP contribution in [0.2, 0.25) is 0 Å². The fourth-order valence-corrected chi connectivity index (χ4v) is 3.72. The van der Waals surface area contributed by atoms with Gasteiger partial charge >= 0.3 is 5.97 Å². The van der Waals surface area contributed by atoms with Crippen molar-refractivity contribution >= 4 is 11.9 Å². The number of nitrogens with zero attached hydrogens (tertiary/aromatic N) is 1. The number of piperidine rings is 1. The van der Waals surface area contributed by atoms with Crippen molar-refractivity contribution in [2.45, 2.75) is 18.9 Å². The molecule has 0 bridgehead atoms. The Balaban J connectivity index is 1.91. The van der Waals surface area contributed by atoms with E-state index in [9.17, 15) is 29.3 Å². The molecule has 1 aliphatic heterocycles. The van der Waals surface area contributed by atoms with E-state index in [0.717, 1.165) is 0 Å². The summed E-state index contributed by atoms with van der Waals surface area (Å²) in [5.74, 6) is -2.20. The number of likely N-dealkylation sites (tertiary alicyclic amines) is 1. The maximum Gasteiger partial charge on any atom is 0.314 e. The summed E-state index contributed by atoms with van der Waals surface area (Å²) in [5.41, 5.74) is -1.02. The van der Waals surface area contributed by atoms with E-state index in [1.807, 2.05) is 0 Å². The highest BCUT2D eigenvalue weighted by molar-refractivity contribution is 5.95. The summed E-state index contributed by atoms with van der Waals surface area (Å²) < 4.78 is 18.6. The molecule has 2 aromatic rings. The number of carboxylic acids is 1. The fraction of sp³-hybridized carbons (Fsp3) is 0.333. The van der Waals surface area contributed by atoms with Gasteiger partial charge in [-0.1, -0.05) is 12.1 Å². The van der Waals surface area contributed by atoms with Gasteiger partial charge in [0.1, 0.15) is 11.2 Å². The molecule has 1 amide bonds. The van der Waals surface area contributed by atoms with Crippen molar-refractivity contribution in [2.24, 2.45) is 5.41 Å². The van der Waals surface area contributed by atoms with Gasteiger partial charge < -0.3 is 25.0 Å². The molecule has 8 heteroatoms. The number of benzene rings is 2. The van der Waals surface area contributed by atoms with Crippen molar-refractivity contribution in [3.05, 3.63) is 59.4 Å². The molecule has 0 saturated carbocycles. The van der Waals surface area contributed by atoms with Gasteiger partial charge in [0.05, 0.1) is 13.2 Å². The predicted octanol–water partition coefficient (Wildman–Crippen LogP) is 2.06. The number of carboxylic acid groups (broad SMARTS) is 1. The average Bonchev–Trinajstić information content (AvgIpc) is 2.69. The second-order valence-electron chi connectivity index (χ2n) is 7.19. The molecule has 3 N–H and O–H groups in total. The topological polar surface area (TPSA) is 107 Å². The summed E-state index contributed by atoms with van der Waals surface area (Å²) >= 11 is 0. The third-order valence-electron chi connectivity index (χ3n) is 5.33. The number of carbonyl (C=O) groups is 2.